The van der Waals surface area contributed by atoms with Crippen LogP contribution in [-0.4, -0.2) is 26.3 Å². The van der Waals surface area contributed by atoms with Crippen molar-refractivity contribution in [1.29, 1.82) is 5.26 Å². The Kier molecular flexibility index (Phi) is 4.53. The van der Waals surface area contributed by atoms with Crippen molar-refractivity contribution in [3.8, 4) is 6.07 Å². The van der Waals surface area contributed by atoms with E-state index < -0.39 is 0 Å². The van der Waals surface area contributed by atoms with Gasteiger partial charge in [-0.3, -0.25) is 0 Å². The Morgan fingerprint density at radius 1 is 1.38 bits per heavy atom. The molecular formula is C15H20N6. The highest BCUT2D eigenvalue weighted by Gasteiger charge is 2.10. The number of anilines is 1. The number of hydrogen-bond acceptors (Lipinski definition) is 5. The average molecular weight is 284 g/mol. The third kappa shape index (κ3) is 3.37. The fraction of sp³-hybridized carbons (Fsp3) is 0.467. The smallest absolute Gasteiger partial charge is 0.144 e. The number of rotatable bonds is 5. The molecule has 0 unspecified atom stereocenters. The van der Waals surface area contributed by atoms with Crippen molar-refractivity contribution in [2.75, 3.05) is 11.9 Å². The zero-order valence-electron chi connectivity index (χ0n) is 12.9. The Hall–Kier alpha value is -2.42. The molecule has 0 saturated heterocycles. The highest BCUT2D eigenvalue weighted by Crippen LogP contribution is 2.17. The van der Waals surface area contributed by atoms with Crippen LogP contribution in [0.3, 0.4) is 0 Å². The molecule has 2 rings (SSSR count). The molecule has 0 aromatic carbocycles. The van der Waals surface area contributed by atoms with Gasteiger partial charge in [-0.15, -0.1) is 10.2 Å². The second-order valence-electron chi connectivity index (χ2n) is 5.38. The van der Waals surface area contributed by atoms with Crippen LogP contribution < -0.4 is 5.32 Å². The van der Waals surface area contributed by atoms with Crippen molar-refractivity contribution in [1.82, 2.24) is 19.7 Å². The van der Waals surface area contributed by atoms with Gasteiger partial charge in [0.25, 0.3) is 0 Å². The first-order chi connectivity index (χ1) is 10.0. The summed E-state index contributed by atoms with van der Waals surface area (Å²) in [6.45, 7) is 9.44. The van der Waals surface area contributed by atoms with E-state index in [-0.39, 0.29) is 0 Å². The summed E-state index contributed by atoms with van der Waals surface area (Å²) in [5, 5.41) is 20.5. The molecule has 2 heterocycles. The van der Waals surface area contributed by atoms with E-state index in [1.165, 1.54) is 0 Å². The van der Waals surface area contributed by atoms with Gasteiger partial charge in [-0.2, -0.15) is 5.26 Å². The summed E-state index contributed by atoms with van der Waals surface area (Å²) in [7, 11) is 0. The number of pyridine rings is 1. The number of aromatic nitrogens is 4. The van der Waals surface area contributed by atoms with Crippen molar-refractivity contribution in [3.05, 3.63) is 35.0 Å². The van der Waals surface area contributed by atoms with Crippen LogP contribution in [0.5, 0.6) is 0 Å². The van der Waals surface area contributed by atoms with E-state index in [9.17, 15) is 5.26 Å². The summed E-state index contributed by atoms with van der Waals surface area (Å²) in [6.07, 6.45) is 1.73. The van der Waals surface area contributed by atoms with E-state index in [0.717, 1.165) is 23.6 Å². The summed E-state index contributed by atoms with van der Waals surface area (Å²) in [5.41, 5.74) is 2.45. The Labute approximate surface area is 124 Å². The summed E-state index contributed by atoms with van der Waals surface area (Å²) >= 11 is 0. The zero-order valence-corrected chi connectivity index (χ0v) is 12.9. The molecular weight excluding hydrogens is 264 g/mol. The van der Waals surface area contributed by atoms with Crippen LogP contribution in [0.15, 0.2) is 12.4 Å². The van der Waals surface area contributed by atoms with Crippen LogP contribution in [0, 0.1) is 25.2 Å². The lowest BCUT2D eigenvalue weighted by Gasteiger charge is -2.12. The summed E-state index contributed by atoms with van der Waals surface area (Å²) in [6, 6.07) is 4.12. The van der Waals surface area contributed by atoms with E-state index in [1.807, 2.05) is 24.5 Å². The molecule has 110 valence electrons. The van der Waals surface area contributed by atoms with Gasteiger partial charge in [-0.25, -0.2) is 4.98 Å². The fourth-order valence-electron chi connectivity index (χ4n) is 2.28. The second kappa shape index (κ2) is 6.35. The van der Waals surface area contributed by atoms with Gasteiger partial charge >= 0.3 is 0 Å². The van der Waals surface area contributed by atoms with Crippen molar-refractivity contribution >= 4 is 5.82 Å². The molecule has 0 radical (unpaired) electrons. The van der Waals surface area contributed by atoms with Gasteiger partial charge in [-0.05, 0) is 25.5 Å². The molecule has 2 aromatic rings. The predicted octanol–water partition coefficient (Wildman–Crippen LogP) is 2.40. The molecule has 6 heteroatoms. The SMILES string of the molecule is Cc1cc(C)c(C#N)c(NCCn2cnnc2C(C)C)n1. The van der Waals surface area contributed by atoms with E-state index in [1.54, 1.807) is 6.33 Å². The van der Waals surface area contributed by atoms with Crippen LogP contribution in [0.4, 0.5) is 5.82 Å². The Bertz CT molecular complexity index is 665. The molecule has 0 aliphatic rings. The quantitative estimate of drug-likeness (QED) is 0.912. The van der Waals surface area contributed by atoms with Crippen molar-refractivity contribution in [2.24, 2.45) is 0 Å². The molecule has 0 spiro atoms. The van der Waals surface area contributed by atoms with E-state index in [2.05, 4.69) is 40.4 Å². The normalized spacial score (nSPS) is 10.7. The third-order valence-corrected chi connectivity index (χ3v) is 3.26. The summed E-state index contributed by atoms with van der Waals surface area (Å²) in [4.78, 5) is 4.41. The number of nitrogens with one attached hydrogen (secondary N) is 1. The molecule has 0 bridgehead atoms. The second-order valence-corrected chi connectivity index (χ2v) is 5.38. The molecule has 0 fully saturated rings. The highest BCUT2D eigenvalue weighted by molar-refractivity contribution is 5.56. The maximum Gasteiger partial charge on any atom is 0.144 e. The largest absolute Gasteiger partial charge is 0.367 e. The lowest BCUT2D eigenvalue weighted by atomic mass is 10.1. The minimum atomic E-state index is 0.335. The lowest BCUT2D eigenvalue weighted by Crippen LogP contribution is -2.15. The van der Waals surface area contributed by atoms with Gasteiger partial charge in [0, 0.05) is 24.7 Å². The van der Waals surface area contributed by atoms with Gasteiger partial charge in [-0.1, -0.05) is 13.8 Å². The minimum Gasteiger partial charge on any atom is -0.367 e. The van der Waals surface area contributed by atoms with Crippen LogP contribution in [0.25, 0.3) is 0 Å². The summed E-state index contributed by atoms with van der Waals surface area (Å²) < 4.78 is 2.02. The molecule has 0 amide bonds. The average Bonchev–Trinajstić information content (AvgIpc) is 2.87. The van der Waals surface area contributed by atoms with Crippen molar-refractivity contribution < 1.29 is 0 Å². The van der Waals surface area contributed by atoms with E-state index >= 15 is 0 Å². The molecule has 6 nitrogen and oxygen atoms in total. The number of nitrogens with zero attached hydrogens (tertiary/aromatic N) is 5. The highest BCUT2D eigenvalue weighted by atomic mass is 15.3. The van der Waals surface area contributed by atoms with Crippen molar-refractivity contribution in [3.63, 3.8) is 0 Å². The monoisotopic (exact) mass is 284 g/mol. The summed E-state index contributed by atoms with van der Waals surface area (Å²) in [5.74, 6) is 1.95. The zero-order chi connectivity index (χ0) is 15.4. The van der Waals surface area contributed by atoms with E-state index in [0.29, 0.717) is 23.8 Å². The standard InChI is InChI=1S/C15H20N6/c1-10(2)15-20-18-9-21(15)6-5-17-14-13(8-16)11(3)7-12(4)19-14/h7,9-10H,5-6H2,1-4H3,(H,17,19). The van der Waals surface area contributed by atoms with Gasteiger partial charge in [0.15, 0.2) is 0 Å². The van der Waals surface area contributed by atoms with E-state index in [4.69, 9.17) is 0 Å². The molecule has 0 atom stereocenters. The Balaban J connectivity index is 2.07. The third-order valence-electron chi connectivity index (χ3n) is 3.26. The molecule has 2 aromatic heterocycles. The van der Waals surface area contributed by atoms with Crippen LogP contribution in [0.1, 0.15) is 42.4 Å². The van der Waals surface area contributed by atoms with Crippen LogP contribution in [-0.2, 0) is 6.54 Å². The maximum absolute atomic E-state index is 9.24. The number of hydrogen-bond donors (Lipinski definition) is 1. The molecule has 0 aliphatic heterocycles. The van der Waals surface area contributed by atoms with Crippen molar-refractivity contribution in [2.45, 2.75) is 40.2 Å². The first kappa shape index (κ1) is 15.0. The first-order valence-electron chi connectivity index (χ1n) is 7.02. The van der Waals surface area contributed by atoms with Crippen LogP contribution >= 0.6 is 0 Å². The molecule has 0 aliphatic carbocycles. The molecule has 21 heavy (non-hydrogen) atoms. The van der Waals surface area contributed by atoms with Gasteiger partial charge in [0.05, 0.1) is 5.56 Å². The maximum atomic E-state index is 9.24. The van der Waals surface area contributed by atoms with Crippen LogP contribution in [0.2, 0.25) is 0 Å². The first-order valence-corrected chi connectivity index (χ1v) is 7.02. The Morgan fingerprint density at radius 2 is 2.14 bits per heavy atom. The number of nitriles is 1. The van der Waals surface area contributed by atoms with Gasteiger partial charge < -0.3 is 9.88 Å². The van der Waals surface area contributed by atoms with Gasteiger partial charge in [0.1, 0.15) is 24.0 Å². The lowest BCUT2D eigenvalue weighted by molar-refractivity contribution is 0.636. The molecule has 0 saturated carbocycles. The predicted molar refractivity (Wildman–Crippen MR) is 81.0 cm³/mol. The number of aryl methyl sites for hydroxylation is 2. The fourth-order valence-corrected chi connectivity index (χ4v) is 2.28. The van der Waals surface area contributed by atoms with Gasteiger partial charge in [0.2, 0.25) is 0 Å². The minimum absolute atomic E-state index is 0.335. The Morgan fingerprint density at radius 3 is 2.81 bits per heavy atom. The molecule has 1 N–H and O–H groups in total. The topological polar surface area (TPSA) is 79.4 Å².